The number of hydrogen-bond donors (Lipinski definition) is 0. The maximum absolute atomic E-state index is 13.4. The Morgan fingerprint density at radius 2 is 1.77 bits per heavy atom. The molecule has 1 aliphatic heterocycles. The average molecular weight is 419 g/mol. The van der Waals surface area contributed by atoms with Crippen LogP contribution in [-0.2, 0) is 13.0 Å². The molecule has 30 heavy (non-hydrogen) atoms. The Balaban J connectivity index is 1.39. The van der Waals surface area contributed by atoms with Gasteiger partial charge in [-0.1, -0.05) is 41.9 Å². The van der Waals surface area contributed by atoms with Crippen molar-refractivity contribution in [2.24, 2.45) is 5.92 Å². The summed E-state index contributed by atoms with van der Waals surface area (Å²) >= 11 is 6.33. The summed E-state index contributed by atoms with van der Waals surface area (Å²) in [4.78, 5) is 2.55. The Hall–Kier alpha value is -2.62. The first-order valence-corrected chi connectivity index (χ1v) is 10.9. The molecule has 2 heterocycles. The maximum atomic E-state index is 13.4. The molecule has 0 radical (unpaired) electrons. The summed E-state index contributed by atoms with van der Waals surface area (Å²) < 4.78 is 15.6. The van der Waals surface area contributed by atoms with Gasteiger partial charge in [-0.05, 0) is 78.9 Å². The van der Waals surface area contributed by atoms with Crippen LogP contribution in [0.3, 0.4) is 0 Å². The number of aromatic nitrogens is 1. The molecule has 152 valence electrons. The highest BCUT2D eigenvalue weighted by atomic mass is 35.5. The van der Waals surface area contributed by atoms with Crippen LogP contribution in [0.2, 0.25) is 5.02 Å². The second-order valence-corrected chi connectivity index (χ2v) is 8.68. The lowest BCUT2D eigenvalue weighted by molar-refractivity contribution is 0.316. The van der Waals surface area contributed by atoms with E-state index < -0.39 is 0 Å². The molecule has 0 saturated carbocycles. The van der Waals surface area contributed by atoms with Crippen LogP contribution in [0, 0.1) is 11.7 Å². The molecule has 1 saturated heterocycles. The SMILES string of the molecule is Fc1ccc(-n2cc(CC3CCN(Cc4ccccc4)C3)c3cc(Cl)ccc32)cc1. The summed E-state index contributed by atoms with van der Waals surface area (Å²) in [5.74, 6) is 0.405. The van der Waals surface area contributed by atoms with E-state index in [1.807, 2.05) is 18.2 Å². The molecule has 4 aromatic rings. The highest BCUT2D eigenvalue weighted by Gasteiger charge is 2.24. The van der Waals surface area contributed by atoms with Crippen LogP contribution in [0.5, 0.6) is 0 Å². The van der Waals surface area contributed by atoms with Gasteiger partial charge >= 0.3 is 0 Å². The van der Waals surface area contributed by atoms with Crippen molar-refractivity contribution in [3.05, 3.63) is 101 Å². The number of benzene rings is 3. The van der Waals surface area contributed by atoms with Crippen molar-refractivity contribution in [2.45, 2.75) is 19.4 Å². The molecule has 1 aromatic heterocycles. The summed E-state index contributed by atoms with van der Waals surface area (Å²) in [6.45, 7) is 3.26. The van der Waals surface area contributed by atoms with Crippen LogP contribution in [-0.4, -0.2) is 22.6 Å². The highest BCUT2D eigenvalue weighted by Crippen LogP contribution is 2.31. The van der Waals surface area contributed by atoms with Gasteiger partial charge < -0.3 is 4.57 Å². The van der Waals surface area contributed by atoms with Crippen LogP contribution in [0.15, 0.2) is 79.0 Å². The molecule has 1 fully saturated rings. The minimum absolute atomic E-state index is 0.219. The van der Waals surface area contributed by atoms with Crippen molar-refractivity contribution in [1.29, 1.82) is 0 Å². The van der Waals surface area contributed by atoms with Gasteiger partial charge in [0.1, 0.15) is 5.82 Å². The number of halogens is 2. The first kappa shape index (κ1) is 19.3. The molecule has 4 heteroatoms. The standard InChI is InChI=1S/C26H24ClFN2/c27-22-6-11-26-25(15-22)21(18-30(26)24-9-7-23(28)8-10-24)14-20-12-13-29(17-20)16-19-4-2-1-3-5-19/h1-11,15,18,20H,12-14,16-17H2. The van der Waals surface area contributed by atoms with Gasteiger partial charge in [0.2, 0.25) is 0 Å². The number of likely N-dealkylation sites (tertiary alicyclic amines) is 1. The van der Waals surface area contributed by atoms with Crippen LogP contribution in [0.25, 0.3) is 16.6 Å². The number of hydrogen-bond acceptors (Lipinski definition) is 1. The lowest BCUT2D eigenvalue weighted by Gasteiger charge is -2.16. The van der Waals surface area contributed by atoms with Crippen LogP contribution >= 0.6 is 11.6 Å². The van der Waals surface area contributed by atoms with Crippen molar-refractivity contribution < 1.29 is 4.39 Å². The lowest BCUT2D eigenvalue weighted by atomic mass is 9.98. The molecule has 1 unspecified atom stereocenters. The molecule has 0 spiro atoms. The van der Waals surface area contributed by atoms with Gasteiger partial charge in [0, 0.05) is 35.4 Å². The molecule has 0 aliphatic carbocycles. The third-order valence-corrected chi connectivity index (χ3v) is 6.32. The topological polar surface area (TPSA) is 8.17 Å². The molecular formula is C26H24ClFN2. The van der Waals surface area contributed by atoms with Crippen LogP contribution < -0.4 is 0 Å². The molecule has 1 atom stereocenters. The Morgan fingerprint density at radius 1 is 0.967 bits per heavy atom. The second-order valence-electron chi connectivity index (χ2n) is 8.24. The monoisotopic (exact) mass is 418 g/mol. The van der Waals surface area contributed by atoms with Crippen molar-refractivity contribution in [3.8, 4) is 5.69 Å². The van der Waals surface area contributed by atoms with Crippen molar-refractivity contribution in [2.75, 3.05) is 13.1 Å². The minimum atomic E-state index is -0.219. The third kappa shape index (κ3) is 4.00. The van der Waals surface area contributed by atoms with Gasteiger partial charge in [0.05, 0.1) is 5.52 Å². The summed E-state index contributed by atoms with van der Waals surface area (Å²) in [5.41, 5.74) is 4.76. The fraction of sp³-hybridized carbons (Fsp3) is 0.231. The molecular weight excluding hydrogens is 395 g/mol. The van der Waals surface area contributed by atoms with Crippen molar-refractivity contribution in [1.82, 2.24) is 9.47 Å². The maximum Gasteiger partial charge on any atom is 0.123 e. The first-order chi connectivity index (χ1) is 14.7. The van der Waals surface area contributed by atoms with Gasteiger partial charge in [-0.3, -0.25) is 4.90 Å². The Bertz CT molecular complexity index is 1150. The molecule has 1 aliphatic rings. The van der Waals surface area contributed by atoms with Crippen molar-refractivity contribution >= 4 is 22.5 Å². The van der Waals surface area contributed by atoms with Gasteiger partial charge in [0.25, 0.3) is 0 Å². The van der Waals surface area contributed by atoms with Crippen LogP contribution in [0.1, 0.15) is 17.5 Å². The van der Waals surface area contributed by atoms with E-state index in [1.165, 1.54) is 35.1 Å². The molecule has 0 amide bonds. The predicted octanol–water partition coefficient (Wildman–Crippen LogP) is 6.49. The van der Waals surface area contributed by atoms with E-state index in [4.69, 9.17) is 11.6 Å². The molecule has 2 nitrogen and oxygen atoms in total. The lowest BCUT2D eigenvalue weighted by Crippen LogP contribution is -2.20. The van der Waals surface area contributed by atoms with E-state index in [9.17, 15) is 4.39 Å². The van der Waals surface area contributed by atoms with Gasteiger partial charge in [0.15, 0.2) is 0 Å². The average Bonchev–Trinajstić information content (AvgIpc) is 3.34. The quantitative estimate of drug-likeness (QED) is 0.359. The van der Waals surface area contributed by atoms with Crippen LogP contribution in [0.4, 0.5) is 4.39 Å². The first-order valence-electron chi connectivity index (χ1n) is 10.5. The second kappa shape index (κ2) is 8.25. The van der Waals surface area contributed by atoms with Gasteiger partial charge in [-0.2, -0.15) is 0 Å². The van der Waals surface area contributed by atoms with E-state index in [1.54, 1.807) is 0 Å². The summed E-state index contributed by atoms with van der Waals surface area (Å²) in [6.07, 6.45) is 4.43. The van der Waals surface area contributed by atoms with Gasteiger partial charge in [-0.25, -0.2) is 4.39 Å². The van der Waals surface area contributed by atoms with E-state index >= 15 is 0 Å². The van der Waals surface area contributed by atoms with Gasteiger partial charge in [-0.15, -0.1) is 0 Å². The largest absolute Gasteiger partial charge is 0.316 e. The van der Waals surface area contributed by atoms with E-state index in [2.05, 4.69) is 58.1 Å². The third-order valence-electron chi connectivity index (χ3n) is 6.08. The Morgan fingerprint density at radius 3 is 2.57 bits per heavy atom. The molecule has 5 rings (SSSR count). The summed E-state index contributed by atoms with van der Waals surface area (Å²) in [7, 11) is 0. The zero-order chi connectivity index (χ0) is 20.5. The predicted molar refractivity (Wildman–Crippen MR) is 122 cm³/mol. The zero-order valence-corrected chi connectivity index (χ0v) is 17.5. The fourth-order valence-electron chi connectivity index (χ4n) is 4.62. The Kier molecular flexibility index (Phi) is 5.32. The number of rotatable bonds is 5. The zero-order valence-electron chi connectivity index (χ0n) is 16.8. The van der Waals surface area contributed by atoms with E-state index in [-0.39, 0.29) is 5.82 Å². The van der Waals surface area contributed by atoms with E-state index in [0.717, 1.165) is 42.3 Å². The number of fused-ring (bicyclic) bond motifs is 1. The molecule has 0 bridgehead atoms. The minimum Gasteiger partial charge on any atom is -0.316 e. The highest BCUT2D eigenvalue weighted by molar-refractivity contribution is 6.31. The summed E-state index contributed by atoms with van der Waals surface area (Å²) in [5, 5.41) is 1.94. The van der Waals surface area contributed by atoms with E-state index in [0.29, 0.717) is 5.92 Å². The Labute approximate surface area is 181 Å². The summed E-state index contributed by atoms with van der Waals surface area (Å²) in [6, 6.07) is 23.4. The normalized spacial score (nSPS) is 17.1. The fourth-order valence-corrected chi connectivity index (χ4v) is 4.80. The molecule has 0 N–H and O–H groups in total. The molecule has 3 aromatic carbocycles. The van der Waals surface area contributed by atoms with Crippen molar-refractivity contribution in [3.63, 3.8) is 0 Å². The number of nitrogens with zero attached hydrogens (tertiary/aromatic N) is 2. The smallest absolute Gasteiger partial charge is 0.123 e.